The quantitative estimate of drug-likeness (QED) is 0.485. The number of carbonyl (C=O) groups is 1. The Hall–Kier alpha value is -2.02. The highest BCUT2D eigenvalue weighted by Crippen LogP contribution is 2.37. The molecule has 11 heteroatoms. The van der Waals surface area contributed by atoms with E-state index < -0.39 is 6.09 Å². The van der Waals surface area contributed by atoms with Gasteiger partial charge in [0, 0.05) is 12.1 Å². The lowest BCUT2D eigenvalue weighted by atomic mass is 10.2. The monoisotopic (exact) mass is 433 g/mol. The number of hydrogen-bond acceptors (Lipinski definition) is 7. The fourth-order valence-corrected chi connectivity index (χ4v) is 2.56. The molecule has 0 saturated heterocycles. The highest BCUT2D eigenvalue weighted by molar-refractivity contribution is 6.44. The number of amides is 1. The van der Waals surface area contributed by atoms with Gasteiger partial charge in [-0.25, -0.2) is 4.79 Å². The molecule has 0 unspecified atom stereocenters. The number of aromatic nitrogens is 1. The number of oxazole rings is 1. The molecule has 0 aliphatic rings. The van der Waals surface area contributed by atoms with Crippen LogP contribution in [0.1, 0.15) is 5.69 Å². The maximum Gasteiger partial charge on any atom is 0.414 e. The van der Waals surface area contributed by atoms with Crippen molar-refractivity contribution in [3.8, 4) is 17.5 Å². The Morgan fingerprint density at radius 2 is 2.00 bits per heavy atom. The zero-order valence-electron chi connectivity index (χ0n) is 14.1. The average Bonchev–Trinajstić information content (AvgIpc) is 3.03. The average molecular weight is 435 g/mol. The number of nitriles is 1. The fraction of sp³-hybridized carbons (Fsp3) is 0.312. The Bertz CT molecular complexity index is 851. The van der Waals surface area contributed by atoms with Crippen LogP contribution in [-0.4, -0.2) is 44.6 Å². The molecule has 0 saturated carbocycles. The van der Waals surface area contributed by atoms with Gasteiger partial charge in [-0.15, -0.1) is 0 Å². The largest absolute Gasteiger partial charge is 0.447 e. The summed E-state index contributed by atoms with van der Waals surface area (Å²) in [6.07, 6.45) is -0.834. The fourth-order valence-electron chi connectivity index (χ4n) is 1.87. The van der Waals surface area contributed by atoms with Gasteiger partial charge in [-0.2, -0.15) is 10.2 Å². The summed E-state index contributed by atoms with van der Waals surface area (Å²) in [6.45, 7) is 1.03. The van der Waals surface area contributed by atoms with E-state index >= 15 is 0 Å². The summed E-state index contributed by atoms with van der Waals surface area (Å²) in [4.78, 5) is 15.8. The maximum atomic E-state index is 11.8. The van der Waals surface area contributed by atoms with Crippen molar-refractivity contribution in [2.24, 2.45) is 0 Å². The Kier molecular flexibility index (Phi) is 8.16. The molecule has 1 heterocycles. The van der Waals surface area contributed by atoms with Gasteiger partial charge in [-0.05, 0) is 12.1 Å². The van der Waals surface area contributed by atoms with E-state index in [1.54, 1.807) is 7.11 Å². The molecule has 8 nitrogen and oxygen atoms in total. The second kappa shape index (κ2) is 10.3. The number of halogens is 3. The highest BCUT2D eigenvalue weighted by Gasteiger charge is 2.20. The van der Waals surface area contributed by atoms with Crippen molar-refractivity contribution in [3.63, 3.8) is 0 Å². The van der Waals surface area contributed by atoms with E-state index in [2.05, 4.69) is 10.3 Å². The Balaban J connectivity index is 2.05. The normalized spacial score (nSPS) is 10.5. The van der Waals surface area contributed by atoms with E-state index in [9.17, 15) is 10.1 Å². The molecule has 1 N–H and O–H groups in total. The first kappa shape index (κ1) is 21.3. The molecule has 0 radical (unpaired) electrons. The highest BCUT2D eigenvalue weighted by atomic mass is 35.5. The predicted octanol–water partition coefficient (Wildman–Crippen LogP) is 4.38. The van der Waals surface area contributed by atoms with Crippen molar-refractivity contribution < 1.29 is 23.4 Å². The van der Waals surface area contributed by atoms with Crippen molar-refractivity contribution in [2.75, 3.05) is 38.9 Å². The first-order chi connectivity index (χ1) is 13.0. The van der Waals surface area contributed by atoms with Crippen LogP contribution in [0, 0.1) is 11.3 Å². The summed E-state index contributed by atoms with van der Waals surface area (Å²) >= 11 is 18.1. The number of nitrogens with one attached hydrogen (secondary N) is 1. The van der Waals surface area contributed by atoms with Crippen LogP contribution in [0.15, 0.2) is 16.5 Å². The molecule has 1 amide bonds. The van der Waals surface area contributed by atoms with Gasteiger partial charge in [-0.1, -0.05) is 34.8 Å². The molecule has 0 spiro atoms. The first-order valence-electron chi connectivity index (χ1n) is 7.52. The summed E-state index contributed by atoms with van der Waals surface area (Å²) in [5, 5.41) is 12.1. The van der Waals surface area contributed by atoms with Gasteiger partial charge in [0.2, 0.25) is 17.5 Å². The molecule has 0 aliphatic carbocycles. The smallest absolute Gasteiger partial charge is 0.414 e. The van der Waals surface area contributed by atoms with Crippen LogP contribution in [0.2, 0.25) is 15.1 Å². The van der Waals surface area contributed by atoms with Crippen molar-refractivity contribution in [2.45, 2.75) is 0 Å². The standard InChI is InChI=1S/C16H14Cl3N3O5/c1-24-2-3-25-4-5-26-16(23)22-15-12(8-20)21-14(27-15)10-6-9(17)7-11(18)13(10)19/h6-7H,2-5H2,1H3,(H,22,23). The van der Waals surface area contributed by atoms with Gasteiger partial charge < -0.3 is 18.6 Å². The van der Waals surface area contributed by atoms with Gasteiger partial charge in [0.05, 0.1) is 35.4 Å². The molecule has 27 heavy (non-hydrogen) atoms. The third-order valence-corrected chi connectivity index (χ3v) is 4.08. The number of methoxy groups -OCH3 is 1. The van der Waals surface area contributed by atoms with Crippen LogP contribution in [0.5, 0.6) is 0 Å². The first-order valence-corrected chi connectivity index (χ1v) is 8.66. The van der Waals surface area contributed by atoms with E-state index in [1.165, 1.54) is 12.1 Å². The molecule has 1 aromatic heterocycles. The minimum atomic E-state index is -0.834. The lowest BCUT2D eigenvalue weighted by molar-refractivity contribution is 0.0447. The number of nitrogens with zero attached hydrogens (tertiary/aromatic N) is 2. The maximum absolute atomic E-state index is 11.8. The molecule has 2 rings (SSSR count). The molecule has 0 bridgehead atoms. The summed E-state index contributed by atoms with van der Waals surface area (Å²) in [5.41, 5.74) is 0.115. The minimum Gasteiger partial charge on any atom is -0.447 e. The van der Waals surface area contributed by atoms with Crippen molar-refractivity contribution >= 4 is 46.8 Å². The van der Waals surface area contributed by atoms with E-state index in [-0.39, 0.29) is 46.3 Å². The lowest BCUT2D eigenvalue weighted by Crippen LogP contribution is -2.17. The second-order valence-corrected chi connectivity index (χ2v) is 6.15. The number of carbonyl (C=O) groups excluding carboxylic acids is 1. The Labute approximate surface area is 169 Å². The third-order valence-electron chi connectivity index (χ3n) is 3.06. The van der Waals surface area contributed by atoms with Crippen molar-refractivity contribution in [3.05, 3.63) is 32.9 Å². The van der Waals surface area contributed by atoms with E-state index in [4.69, 9.17) is 53.4 Å². The van der Waals surface area contributed by atoms with Gasteiger partial charge in [0.25, 0.3) is 0 Å². The second-order valence-electron chi connectivity index (χ2n) is 4.92. The third kappa shape index (κ3) is 5.99. The molecule has 2 aromatic rings. The number of ether oxygens (including phenoxy) is 3. The topological polar surface area (TPSA) is 107 Å². The molecule has 0 fully saturated rings. The van der Waals surface area contributed by atoms with Crippen molar-refractivity contribution in [1.82, 2.24) is 4.98 Å². The number of hydrogen-bond donors (Lipinski definition) is 1. The molecule has 144 valence electrons. The lowest BCUT2D eigenvalue weighted by Gasteiger charge is -2.06. The van der Waals surface area contributed by atoms with Crippen LogP contribution >= 0.6 is 34.8 Å². The Morgan fingerprint density at radius 1 is 1.26 bits per heavy atom. The summed E-state index contributed by atoms with van der Waals surface area (Å²) in [6, 6.07) is 4.73. The van der Waals surface area contributed by atoms with E-state index in [0.717, 1.165) is 0 Å². The van der Waals surface area contributed by atoms with Crippen molar-refractivity contribution in [1.29, 1.82) is 5.26 Å². The zero-order chi connectivity index (χ0) is 19.8. The number of anilines is 1. The van der Waals surface area contributed by atoms with Crippen LogP contribution in [0.3, 0.4) is 0 Å². The van der Waals surface area contributed by atoms with Gasteiger partial charge in [0.15, 0.2) is 0 Å². The Morgan fingerprint density at radius 3 is 2.70 bits per heavy atom. The zero-order valence-corrected chi connectivity index (χ0v) is 16.3. The molecule has 1 aromatic carbocycles. The molecular weight excluding hydrogens is 421 g/mol. The molecular formula is C16H14Cl3N3O5. The van der Waals surface area contributed by atoms with E-state index in [1.807, 2.05) is 6.07 Å². The van der Waals surface area contributed by atoms with Gasteiger partial charge in [0.1, 0.15) is 12.7 Å². The van der Waals surface area contributed by atoms with Crippen LogP contribution in [0.4, 0.5) is 10.7 Å². The van der Waals surface area contributed by atoms with Crippen LogP contribution < -0.4 is 5.32 Å². The summed E-state index contributed by atoms with van der Waals surface area (Å²) in [7, 11) is 1.55. The van der Waals surface area contributed by atoms with Gasteiger partial charge in [-0.3, -0.25) is 5.32 Å². The van der Waals surface area contributed by atoms with Gasteiger partial charge >= 0.3 is 6.09 Å². The number of benzene rings is 1. The van der Waals surface area contributed by atoms with Crippen LogP contribution in [-0.2, 0) is 14.2 Å². The molecule has 0 aliphatic heterocycles. The molecule has 0 atom stereocenters. The summed E-state index contributed by atoms with van der Waals surface area (Å²) in [5.74, 6) is -0.218. The SMILES string of the molecule is COCCOCCOC(=O)Nc1oc(-c2cc(Cl)cc(Cl)c2Cl)nc1C#N. The minimum absolute atomic E-state index is 0.00809. The summed E-state index contributed by atoms with van der Waals surface area (Å²) < 4.78 is 20.3. The number of rotatable bonds is 8. The van der Waals surface area contributed by atoms with E-state index in [0.29, 0.717) is 18.2 Å². The van der Waals surface area contributed by atoms with Crippen LogP contribution in [0.25, 0.3) is 11.5 Å². The predicted molar refractivity (Wildman–Crippen MR) is 99.3 cm³/mol.